The van der Waals surface area contributed by atoms with Gasteiger partial charge in [0.15, 0.2) is 0 Å². The third-order valence-electron chi connectivity index (χ3n) is 5.27. The van der Waals surface area contributed by atoms with Gasteiger partial charge < -0.3 is 9.80 Å². The molecule has 1 aliphatic heterocycles. The first-order valence-corrected chi connectivity index (χ1v) is 9.74. The minimum atomic E-state index is -0.143. The highest BCUT2D eigenvalue weighted by atomic mass is 35.5. The maximum absolute atomic E-state index is 13.2. The van der Waals surface area contributed by atoms with Crippen LogP contribution < -0.4 is 4.90 Å². The summed E-state index contributed by atoms with van der Waals surface area (Å²) < 4.78 is 1.50. The zero-order valence-electron chi connectivity index (χ0n) is 16.0. The lowest BCUT2D eigenvalue weighted by atomic mass is 10.1. The summed E-state index contributed by atoms with van der Waals surface area (Å²) in [6, 6.07) is 13.7. The predicted molar refractivity (Wildman–Crippen MR) is 113 cm³/mol. The minimum absolute atomic E-state index is 0.0452. The van der Waals surface area contributed by atoms with Gasteiger partial charge in [0, 0.05) is 55.4 Å². The lowest BCUT2D eigenvalue weighted by Gasteiger charge is -2.36. The molecular formula is C22H22ClN3O2. The van der Waals surface area contributed by atoms with Gasteiger partial charge in [0.1, 0.15) is 0 Å². The molecule has 1 saturated heterocycles. The van der Waals surface area contributed by atoms with Crippen LogP contribution in [0.15, 0.2) is 48.7 Å². The van der Waals surface area contributed by atoms with Crippen molar-refractivity contribution in [3.05, 3.63) is 64.8 Å². The summed E-state index contributed by atoms with van der Waals surface area (Å²) in [6.45, 7) is 6.43. The van der Waals surface area contributed by atoms with Gasteiger partial charge in [0.2, 0.25) is 5.91 Å². The third kappa shape index (κ3) is 3.38. The van der Waals surface area contributed by atoms with Crippen LogP contribution in [-0.4, -0.2) is 47.5 Å². The summed E-state index contributed by atoms with van der Waals surface area (Å²) in [7, 11) is 0. The van der Waals surface area contributed by atoms with Gasteiger partial charge >= 0.3 is 0 Å². The van der Waals surface area contributed by atoms with Crippen molar-refractivity contribution in [2.45, 2.75) is 13.8 Å². The molecule has 2 heterocycles. The monoisotopic (exact) mass is 395 g/mol. The molecule has 0 N–H and O–H groups in total. The van der Waals surface area contributed by atoms with Crippen LogP contribution in [0.4, 0.5) is 5.69 Å². The number of aromatic nitrogens is 1. The lowest BCUT2D eigenvalue weighted by Crippen LogP contribution is -2.48. The summed E-state index contributed by atoms with van der Waals surface area (Å²) in [4.78, 5) is 29.3. The smallest absolute Gasteiger partial charge is 0.256 e. The number of carbonyl (C=O) groups is 2. The second-order valence-corrected chi connectivity index (χ2v) is 7.65. The van der Waals surface area contributed by atoms with Gasteiger partial charge in [-0.25, -0.2) is 0 Å². The summed E-state index contributed by atoms with van der Waals surface area (Å²) in [6.07, 6.45) is 1.64. The molecule has 0 spiro atoms. The molecule has 0 aliphatic carbocycles. The van der Waals surface area contributed by atoms with Crippen molar-refractivity contribution in [2.75, 3.05) is 31.1 Å². The van der Waals surface area contributed by atoms with Gasteiger partial charge in [-0.15, -0.1) is 0 Å². The van der Waals surface area contributed by atoms with Gasteiger partial charge in [0.05, 0.1) is 11.1 Å². The number of hydrogen-bond donors (Lipinski definition) is 0. The topological polar surface area (TPSA) is 45.6 Å². The van der Waals surface area contributed by atoms with Crippen molar-refractivity contribution in [2.24, 2.45) is 0 Å². The molecule has 5 nitrogen and oxygen atoms in total. The summed E-state index contributed by atoms with van der Waals surface area (Å²) in [5.41, 5.74) is 3.63. The van der Waals surface area contributed by atoms with Crippen LogP contribution in [0.1, 0.15) is 27.6 Å². The molecule has 1 amide bonds. The first-order chi connectivity index (χ1) is 13.4. The Morgan fingerprint density at radius 3 is 2.43 bits per heavy atom. The standard InChI is InChI=1S/C22H22ClN3O2/c1-15-4-3-5-18(12-15)24-8-10-25(11-9-24)22(28)20-14-26(16(2)27)21-13-17(23)6-7-19(20)21/h3-7,12-14H,8-11H2,1-2H3. The molecular weight excluding hydrogens is 374 g/mol. The van der Waals surface area contributed by atoms with Crippen molar-refractivity contribution in [3.63, 3.8) is 0 Å². The van der Waals surface area contributed by atoms with Crippen molar-refractivity contribution in [1.29, 1.82) is 0 Å². The highest BCUT2D eigenvalue weighted by Gasteiger charge is 2.25. The Bertz CT molecular complexity index is 1060. The summed E-state index contributed by atoms with van der Waals surface area (Å²) >= 11 is 6.09. The number of rotatable bonds is 2. The Labute approximate surface area is 169 Å². The first kappa shape index (κ1) is 18.6. The number of carbonyl (C=O) groups excluding carboxylic acids is 2. The molecule has 1 aromatic heterocycles. The maximum Gasteiger partial charge on any atom is 0.256 e. The Balaban J connectivity index is 1.57. The first-order valence-electron chi connectivity index (χ1n) is 9.36. The van der Waals surface area contributed by atoms with E-state index in [2.05, 4.69) is 36.1 Å². The Kier molecular flexibility index (Phi) is 4.85. The fourth-order valence-corrected chi connectivity index (χ4v) is 3.96. The number of nitrogens with zero attached hydrogens (tertiary/aromatic N) is 3. The van der Waals surface area contributed by atoms with Crippen molar-refractivity contribution < 1.29 is 9.59 Å². The van der Waals surface area contributed by atoms with E-state index in [4.69, 9.17) is 11.6 Å². The van der Waals surface area contributed by atoms with Gasteiger partial charge in [-0.2, -0.15) is 0 Å². The molecule has 0 bridgehead atoms. The summed E-state index contributed by atoms with van der Waals surface area (Å²) in [5, 5.41) is 1.30. The number of hydrogen-bond acceptors (Lipinski definition) is 3. The van der Waals surface area contributed by atoms with E-state index in [1.165, 1.54) is 22.7 Å². The number of fused-ring (bicyclic) bond motifs is 1. The highest BCUT2D eigenvalue weighted by molar-refractivity contribution is 6.31. The summed E-state index contributed by atoms with van der Waals surface area (Å²) in [5.74, 6) is -0.188. The number of amides is 1. The SMILES string of the molecule is CC(=O)n1cc(C(=O)N2CCN(c3cccc(C)c3)CC2)c2ccc(Cl)cc21. The van der Waals surface area contributed by atoms with Crippen molar-refractivity contribution in [1.82, 2.24) is 9.47 Å². The lowest BCUT2D eigenvalue weighted by molar-refractivity contribution is 0.0748. The van der Waals surface area contributed by atoms with Crippen LogP contribution in [0, 0.1) is 6.92 Å². The molecule has 0 saturated carbocycles. The van der Waals surface area contributed by atoms with E-state index >= 15 is 0 Å². The van der Waals surface area contributed by atoms with Crippen LogP contribution in [0.5, 0.6) is 0 Å². The average Bonchev–Trinajstić information content (AvgIpc) is 3.06. The molecule has 0 unspecified atom stereocenters. The van der Waals surface area contributed by atoms with E-state index in [1.54, 1.807) is 18.3 Å². The van der Waals surface area contributed by atoms with Gasteiger partial charge in [-0.1, -0.05) is 29.8 Å². The zero-order valence-corrected chi connectivity index (χ0v) is 16.7. The molecule has 1 aliphatic rings. The second kappa shape index (κ2) is 7.32. The van der Waals surface area contributed by atoms with Gasteiger partial charge in [-0.3, -0.25) is 14.2 Å². The van der Waals surface area contributed by atoms with Crippen LogP contribution in [-0.2, 0) is 0 Å². The van der Waals surface area contributed by atoms with Crippen molar-refractivity contribution >= 4 is 40.0 Å². The maximum atomic E-state index is 13.2. The number of piperazine rings is 1. The molecule has 3 aromatic rings. The van der Waals surface area contributed by atoms with Crippen LogP contribution in [0.3, 0.4) is 0 Å². The van der Waals surface area contributed by atoms with E-state index in [0.29, 0.717) is 29.2 Å². The minimum Gasteiger partial charge on any atom is -0.368 e. The molecule has 0 radical (unpaired) electrons. The zero-order chi connectivity index (χ0) is 19.8. The molecule has 2 aromatic carbocycles. The van der Waals surface area contributed by atoms with E-state index in [0.717, 1.165) is 18.5 Å². The Morgan fingerprint density at radius 2 is 1.75 bits per heavy atom. The molecule has 0 atom stereocenters. The van der Waals surface area contributed by atoms with Gasteiger partial charge in [0.25, 0.3) is 5.91 Å². The quantitative estimate of drug-likeness (QED) is 0.652. The van der Waals surface area contributed by atoms with Crippen LogP contribution >= 0.6 is 11.6 Å². The van der Waals surface area contributed by atoms with Crippen LogP contribution in [0.2, 0.25) is 5.02 Å². The average molecular weight is 396 g/mol. The predicted octanol–water partition coefficient (Wildman–Crippen LogP) is 4.23. The fraction of sp³-hybridized carbons (Fsp3) is 0.273. The van der Waals surface area contributed by atoms with E-state index in [9.17, 15) is 9.59 Å². The Hall–Kier alpha value is -2.79. The molecule has 1 fully saturated rings. The molecule has 28 heavy (non-hydrogen) atoms. The number of anilines is 1. The number of halogens is 1. The fourth-order valence-electron chi connectivity index (χ4n) is 3.79. The third-order valence-corrected chi connectivity index (χ3v) is 5.51. The van der Waals surface area contributed by atoms with Crippen LogP contribution in [0.25, 0.3) is 10.9 Å². The number of benzene rings is 2. The second-order valence-electron chi connectivity index (χ2n) is 7.21. The highest BCUT2D eigenvalue weighted by Crippen LogP contribution is 2.27. The van der Waals surface area contributed by atoms with Crippen molar-refractivity contribution in [3.8, 4) is 0 Å². The molecule has 6 heteroatoms. The van der Waals surface area contributed by atoms with E-state index in [1.807, 2.05) is 11.0 Å². The largest absolute Gasteiger partial charge is 0.368 e. The Morgan fingerprint density at radius 1 is 1.00 bits per heavy atom. The molecule has 144 valence electrons. The normalized spacial score (nSPS) is 14.5. The molecule has 4 rings (SSSR count). The van der Waals surface area contributed by atoms with Gasteiger partial charge in [-0.05, 0) is 36.8 Å². The van der Waals surface area contributed by atoms with E-state index in [-0.39, 0.29) is 11.8 Å². The number of aryl methyl sites for hydroxylation is 1. The van der Waals surface area contributed by atoms with E-state index < -0.39 is 0 Å².